The molecule has 0 bridgehead atoms. The van der Waals surface area contributed by atoms with Crippen LogP contribution in [0.25, 0.3) is 0 Å². The minimum absolute atomic E-state index is 0.0850. The van der Waals surface area contributed by atoms with Gasteiger partial charge in [0, 0.05) is 21.8 Å². The van der Waals surface area contributed by atoms with E-state index in [9.17, 15) is 4.79 Å². The van der Waals surface area contributed by atoms with Gasteiger partial charge in [-0.05, 0) is 28.1 Å². The number of rotatable bonds is 3. The predicted molar refractivity (Wildman–Crippen MR) is 57.2 cm³/mol. The fraction of sp³-hybridized carbons (Fsp3) is 0.400. The first-order valence-corrected chi connectivity index (χ1v) is 5.05. The SMILES string of the molecule is CC(C)(CC(=O)O)c1ccc(Br)cn1. The fourth-order valence-electron chi connectivity index (χ4n) is 1.24. The van der Waals surface area contributed by atoms with E-state index in [1.807, 2.05) is 26.0 Å². The maximum Gasteiger partial charge on any atom is 0.304 e. The summed E-state index contributed by atoms with van der Waals surface area (Å²) in [6.45, 7) is 3.74. The molecule has 0 spiro atoms. The Bertz CT molecular complexity index is 332. The second-order valence-electron chi connectivity index (χ2n) is 3.82. The van der Waals surface area contributed by atoms with E-state index in [0.29, 0.717) is 0 Å². The second-order valence-corrected chi connectivity index (χ2v) is 4.73. The van der Waals surface area contributed by atoms with E-state index in [0.717, 1.165) is 10.2 Å². The number of carboxylic acid groups (broad SMARTS) is 1. The first-order valence-electron chi connectivity index (χ1n) is 4.25. The van der Waals surface area contributed by atoms with Gasteiger partial charge in [-0.3, -0.25) is 9.78 Å². The van der Waals surface area contributed by atoms with Crippen LogP contribution in [0.1, 0.15) is 26.0 Å². The summed E-state index contributed by atoms with van der Waals surface area (Å²) in [5, 5.41) is 8.73. The molecule has 0 radical (unpaired) electrons. The minimum Gasteiger partial charge on any atom is -0.481 e. The van der Waals surface area contributed by atoms with E-state index in [4.69, 9.17) is 5.11 Å². The first-order chi connectivity index (χ1) is 6.42. The average molecular weight is 258 g/mol. The molecule has 0 unspecified atom stereocenters. The van der Waals surface area contributed by atoms with E-state index in [2.05, 4.69) is 20.9 Å². The lowest BCUT2D eigenvalue weighted by Gasteiger charge is -2.21. The highest BCUT2D eigenvalue weighted by Gasteiger charge is 2.25. The Hall–Kier alpha value is -0.900. The molecule has 0 saturated heterocycles. The number of nitrogens with zero attached hydrogens (tertiary/aromatic N) is 1. The monoisotopic (exact) mass is 257 g/mol. The summed E-state index contributed by atoms with van der Waals surface area (Å²) in [7, 11) is 0. The molecule has 1 N–H and O–H groups in total. The van der Waals surface area contributed by atoms with Crippen LogP contribution in [0.3, 0.4) is 0 Å². The standard InChI is InChI=1S/C10H12BrNO2/c1-10(2,5-9(13)14)8-4-3-7(11)6-12-8/h3-4,6H,5H2,1-2H3,(H,13,14). The molecule has 0 fully saturated rings. The Balaban J connectivity index is 2.91. The van der Waals surface area contributed by atoms with E-state index in [1.54, 1.807) is 6.20 Å². The van der Waals surface area contributed by atoms with Crippen molar-refractivity contribution in [2.75, 3.05) is 0 Å². The number of carboxylic acids is 1. The zero-order valence-corrected chi connectivity index (χ0v) is 9.71. The summed E-state index contributed by atoms with van der Waals surface area (Å²) in [4.78, 5) is 14.8. The van der Waals surface area contributed by atoms with Crippen LogP contribution >= 0.6 is 15.9 Å². The number of pyridine rings is 1. The van der Waals surface area contributed by atoms with Gasteiger partial charge in [-0.2, -0.15) is 0 Å². The molecule has 1 aromatic rings. The van der Waals surface area contributed by atoms with Gasteiger partial charge in [-0.1, -0.05) is 13.8 Å². The van der Waals surface area contributed by atoms with Gasteiger partial charge in [0.2, 0.25) is 0 Å². The molecule has 76 valence electrons. The molecule has 1 rings (SSSR count). The van der Waals surface area contributed by atoms with Crippen LogP contribution in [-0.2, 0) is 10.2 Å². The fourth-order valence-corrected chi connectivity index (χ4v) is 1.48. The molecule has 0 saturated carbocycles. The van der Waals surface area contributed by atoms with Crippen LogP contribution in [0.15, 0.2) is 22.8 Å². The number of aliphatic carboxylic acids is 1. The molecule has 0 aliphatic rings. The van der Waals surface area contributed by atoms with Gasteiger partial charge in [0.05, 0.1) is 6.42 Å². The molecule has 1 aromatic heterocycles. The zero-order valence-electron chi connectivity index (χ0n) is 8.12. The third-order valence-corrected chi connectivity index (χ3v) is 2.48. The lowest BCUT2D eigenvalue weighted by molar-refractivity contribution is -0.138. The van der Waals surface area contributed by atoms with Crippen LogP contribution in [-0.4, -0.2) is 16.1 Å². The van der Waals surface area contributed by atoms with Gasteiger partial charge in [-0.15, -0.1) is 0 Å². The Kier molecular flexibility index (Phi) is 3.26. The van der Waals surface area contributed by atoms with Crippen LogP contribution in [0.4, 0.5) is 0 Å². The average Bonchev–Trinajstić information content (AvgIpc) is 2.02. The van der Waals surface area contributed by atoms with Crippen molar-refractivity contribution >= 4 is 21.9 Å². The zero-order chi connectivity index (χ0) is 10.8. The lowest BCUT2D eigenvalue weighted by atomic mass is 9.85. The Morgan fingerprint density at radius 2 is 2.21 bits per heavy atom. The molecule has 0 atom stereocenters. The van der Waals surface area contributed by atoms with Crippen LogP contribution in [0.2, 0.25) is 0 Å². The summed E-state index contributed by atoms with van der Waals surface area (Å²) < 4.78 is 0.896. The third-order valence-electron chi connectivity index (χ3n) is 2.01. The first kappa shape index (κ1) is 11.2. The Morgan fingerprint density at radius 1 is 1.57 bits per heavy atom. The molecular weight excluding hydrogens is 246 g/mol. The third kappa shape index (κ3) is 2.80. The molecule has 0 aliphatic heterocycles. The molecule has 0 aromatic carbocycles. The Morgan fingerprint density at radius 3 is 2.64 bits per heavy atom. The quantitative estimate of drug-likeness (QED) is 0.906. The number of carbonyl (C=O) groups is 1. The molecule has 0 amide bonds. The minimum atomic E-state index is -0.806. The molecule has 14 heavy (non-hydrogen) atoms. The van der Waals surface area contributed by atoms with Crippen molar-refractivity contribution in [1.82, 2.24) is 4.98 Å². The largest absolute Gasteiger partial charge is 0.481 e. The predicted octanol–water partition coefficient (Wildman–Crippen LogP) is 2.60. The van der Waals surface area contributed by atoms with E-state index in [1.165, 1.54) is 0 Å². The van der Waals surface area contributed by atoms with Crippen LogP contribution < -0.4 is 0 Å². The molecular formula is C10H12BrNO2. The number of aromatic nitrogens is 1. The lowest BCUT2D eigenvalue weighted by Crippen LogP contribution is -2.22. The smallest absolute Gasteiger partial charge is 0.304 e. The molecule has 1 heterocycles. The number of hydrogen-bond acceptors (Lipinski definition) is 2. The van der Waals surface area contributed by atoms with Crippen molar-refractivity contribution in [3.63, 3.8) is 0 Å². The normalized spacial score (nSPS) is 11.4. The van der Waals surface area contributed by atoms with Gasteiger partial charge >= 0.3 is 5.97 Å². The highest BCUT2D eigenvalue weighted by Crippen LogP contribution is 2.25. The van der Waals surface area contributed by atoms with Crippen molar-refractivity contribution in [3.8, 4) is 0 Å². The van der Waals surface area contributed by atoms with Crippen molar-refractivity contribution in [1.29, 1.82) is 0 Å². The van der Waals surface area contributed by atoms with Gasteiger partial charge in [0.1, 0.15) is 0 Å². The topological polar surface area (TPSA) is 50.2 Å². The molecule has 4 heteroatoms. The molecule has 3 nitrogen and oxygen atoms in total. The van der Waals surface area contributed by atoms with Crippen molar-refractivity contribution in [3.05, 3.63) is 28.5 Å². The highest BCUT2D eigenvalue weighted by molar-refractivity contribution is 9.10. The maximum atomic E-state index is 10.6. The van der Waals surface area contributed by atoms with Gasteiger partial charge in [0.25, 0.3) is 0 Å². The van der Waals surface area contributed by atoms with E-state index in [-0.39, 0.29) is 6.42 Å². The summed E-state index contributed by atoms with van der Waals surface area (Å²) in [6, 6.07) is 3.71. The van der Waals surface area contributed by atoms with Gasteiger partial charge < -0.3 is 5.11 Å². The van der Waals surface area contributed by atoms with E-state index < -0.39 is 11.4 Å². The van der Waals surface area contributed by atoms with Crippen molar-refractivity contribution in [2.45, 2.75) is 25.7 Å². The Labute approximate surface area is 91.3 Å². The van der Waals surface area contributed by atoms with Crippen molar-refractivity contribution < 1.29 is 9.90 Å². The molecule has 0 aliphatic carbocycles. The summed E-state index contributed by atoms with van der Waals surface area (Å²) in [5.41, 5.74) is 0.370. The summed E-state index contributed by atoms with van der Waals surface area (Å²) in [6.07, 6.45) is 1.76. The maximum absolute atomic E-state index is 10.6. The second kappa shape index (κ2) is 4.09. The van der Waals surface area contributed by atoms with Gasteiger partial charge in [-0.25, -0.2) is 0 Å². The highest BCUT2D eigenvalue weighted by atomic mass is 79.9. The summed E-state index contributed by atoms with van der Waals surface area (Å²) in [5.74, 6) is -0.806. The summed E-state index contributed by atoms with van der Waals surface area (Å²) >= 11 is 3.28. The van der Waals surface area contributed by atoms with Crippen molar-refractivity contribution in [2.24, 2.45) is 0 Å². The van der Waals surface area contributed by atoms with Gasteiger partial charge in [0.15, 0.2) is 0 Å². The van der Waals surface area contributed by atoms with Crippen LogP contribution in [0, 0.1) is 0 Å². The number of hydrogen-bond donors (Lipinski definition) is 1. The number of halogens is 1. The van der Waals surface area contributed by atoms with E-state index >= 15 is 0 Å². The van der Waals surface area contributed by atoms with Crippen LogP contribution in [0.5, 0.6) is 0 Å².